The van der Waals surface area contributed by atoms with Gasteiger partial charge in [-0.2, -0.15) is 0 Å². The third kappa shape index (κ3) is 2.67. The quantitative estimate of drug-likeness (QED) is 0.931. The van der Waals surface area contributed by atoms with E-state index in [1.807, 2.05) is 0 Å². The highest BCUT2D eigenvalue weighted by Gasteiger charge is 2.37. The Morgan fingerprint density at radius 3 is 2.64 bits per heavy atom. The van der Waals surface area contributed by atoms with Gasteiger partial charge in [-0.25, -0.2) is 0 Å². The molecule has 1 aliphatic heterocycles. The van der Waals surface area contributed by atoms with Crippen molar-refractivity contribution in [2.24, 2.45) is 0 Å². The normalized spacial score (nSPS) is 17.6. The van der Waals surface area contributed by atoms with Crippen molar-refractivity contribution in [3.63, 3.8) is 0 Å². The van der Waals surface area contributed by atoms with Gasteiger partial charge in [-0.15, -0.1) is 0 Å². The fourth-order valence-electron chi connectivity index (χ4n) is 2.33. The number of carbonyl (C=O) groups is 1. The van der Waals surface area contributed by atoms with Crippen molar-refractivity contribution in [2.75, 3.05) is 7.05 Å². The van der Waals surface area contributed by atoms with E-state index in [-0.39, 0.29) is 5.78 Å². The lowest BCUT2D eigenvalue weighted by Crippen LogP contribution is -2.10. The SMILES string of the molecule is CNC1=C(c2cc(Cl)ccn2)C(=O)C(c2cccc(Cl)c2)O1. The van der Waals surface area contributed by atoms with Gasteiger partial charge in [0.15, 0.2) is 6.10 Å². The Labute approximate surface area is 137 Å². The second-order valence-corrected chi connectivity index (χ2v) is 5.60. The Morgan fingerprint density at radius 1 is 1.18 bits per heavy atom. The molecule has 4 nitrogen and oxygen atoms in total. The van der Waals surface area contributed by atoms with E-state index >= 15 is 0 Å². The minimum atomic E-state index is -0.739. The van der Waals surface area contributed by atoms with Gasteiger partial charge >= 0.3 is 0 Å². The summed E-state index contributed by atoms with van der Waals surface area (Å²) in [6.07, 6.45) is 0.815. The van der Waals surface area contributed by atoms with Crippen LogP contribution >= 0.6 is 23.2 Å². The van der Waals surface area contributed by atoms with Gasteiger partial charge in [0.2, 0.25) is 11.7 Å². The van der Waals surface area contributed by atoms with Gasteiger partial charge in [0.25, 0.3) is 0 Å². The van der Waals surface area contributed by atoms with Crippen LogP contribution in [0.5, 0.6) is 0 Å². The summed E-state index contributed by atoms with van der Waals surface area (Å²) in [6.45, 7) is 0. The molecule has 0 bridgehead atoms. The number of benzene rings is 1. The lowest BCUT2D eigenvalue weighted by atomic mass is 10.00. The van der Waals surface area contributed by atoms with Gasteiger partial charge in [-0.05, 0) is 24.3 Å². The van der Waals surface area contributed by atoms with Gasteiger partial charge in [0, 0.05) is 28.9 Å². The number of nitrogens with zero attached hydrogens (tertiary/aromatic N) is 1. The zero-order valence-corrected chi connectivity index (χ0v) is 13.2. The zero-order chi connectivity index (χ0) is 15.7. The number of halogens is 2. The summed E-state index contributed by atoms with van der Waals surface area (Å²) in [5.41, 5.74) is 1.56. The Kier molecular flexibility index (Phi) is 4.05. The summed E-state index contributed by atoms with van der Waals surface area (Å²) in [7, 11) is 1.69. The fourth-order valence-corrected chi connectivity index (χ4v) is 2.69. The number of hydrogen-bond donors (Lipinski definition) is 1. The topological polar surface area (TPSA) is 51.2 Å². The van der Waals surface area contributed by atoms with Gasteiger partial charge in [-0.3, -0.25) is 9.78 Å². The number of aromatic nitrogens is 1. The summed E-state index contributed by atoms with van der Waals surface area (Å²) in [5, 5.41) is 3.95. The predicted octanol–water partition coefficient (Wildman–Crippen LogP) is 3.62. The van der Waals surface area contributed by atoms with Crippen LogP contribution in [0.25, 0.3) is 5.57 Å². The van der Waals surface area contributed by atoms with Gasteiger partial charge in [0.05, 0.1) is 5.69 Å². The molecule has 0 amide bonds. The second kappa shape index (κ2) is 5.99. The molecule has 2 aromatic rings. The van der Waals surface area contributed by atoms with Crippen LogP contribution in [0.4, 0.5) is 0 Å². The van der Waals surface area contributed by atoms with E-state index < -0.39 is 6.10 Å². The summed E-state index contributed by atoms with van der Waals surface area (Å²) in [5.74, 6) is 0.200. The third-order valence-electron chi connectivity index (χ3n) is 3.30. The molecule has 6 heteroatoms. The van der Waals surface area contributed by atoms with Crippen molar-refractivity contribution in [1.82, 2.24) is 10.3 Å². The van der Waals surface area contributed by atoms with Gasteiger partial charge in [0.1, 0.15) is 5.57 Å². The number of rotatable bonds is 3. The molecule has 1 N–H and O–H groups in total. The molecule has 0 aliphatic carbocycles. The maximum absolute atomic E-state index is 12.7. The van der Waals surface area contributed by atoms with Crippen molar-refractivity contribution in [1.29, 1.82) is 0 Å². The lowest BCUT2D eigenvalue weighted by Gasteiger charge is -2.11. The molecule has 0 saturated carbocycles. The summed E-state index contributed by atoms with van der Waals surface area (Å²) in [6, 6.07) is 10.3. The zero-order valence-electron chi connectivity index (χ0n) is 11.6. The lowest BCUT2D eigenvalue weighted by molar-refractivity contribution is -0.120. The van der Waals surface area contributed by atoms with Crippen LogP contribution < -0.4 is 5.32 Å². The van der Waals surface area contributed by atoms with Gasteiger partial charge < -0.3 is 10.1 Å². The molecule has 22 heavy (non-hydrogen) atoms. The van der Waals surface area contributed by atoms with E-state index in [9.17, 15) is 4.79 Å². The molecule has 0 spiro atoms. The summed E-state index contributed by atoms with van der Waals surface area (Å²) in [4.78, 5) is 17.0. The van der Waals surface area contributed by atoms with Crippen molar-refractivity contribution in [2.45, 2.75) is 6.10 Å². The third-order valence-corrected chi connectivity index (χ3v) is 3.77. The van der Waals surface area contributed by atoms with Crippen LogP contribution in [-0.4, -0.2) is 17.8 Å². The summed E-state index contributed by atoms with van der Waals surface area (Å²) >= 11 is 12.0. The van der Waals surface area contributed by atoms with E-state index in [0.29, 0.717) is 32.8 Å². The first-order valence-corrected chi connectivity index (χ1v) is 7.36. The number of ether oxygens (including phenoxy) is 1. The Hall–Kier alpha value is -2.04. The predicted molar refractivity (Wildman–Crippen MR) is 85.5 cm³/mol. The molecule has 1 aromatic heterocycles. The van der Waals surface area contributed by atoms with E-state index in [4.69, 9.17) is 27.9 Å². The van der Waals surface area contributed by atoms with E-state index in [2.05, 4.69) is 10.3 Å². The number of hydrogen-bond acceptors (Lipinski definition) is 4. The molecule has 3 rings (SSSR count). The largest absolute Gasteiger partial charge is 0.462 e. The summed E-state index contributed by atoms with van der Waals surface area (Å²) < 4.78 is 5.75. The highest BCUT2D eigenvalue weighted by molar-refractivity contribution is 6.32. The van der Waals surface area contributed by atoms with Crippen LogP contribution in [0.2, 0.25) is 10.0 Å². The standard InChI is InChI=1S/C16H12Cl2N2O2/c1-19-16-13(12-8-11(18)5-6-20-12)14(21)15(22-16)9-3-2-4-10(17)7-9/h2-8,15,19H,1H3. The fraction of sp³-hybridized carbons (Fsp3) is 0.125. The molecule has 2 heterocycles. The first-order valence-electron chi connectivity index (χ1n) is 6.60. The highest BCUT2D eigenvalue weighted by atomic mass is 35.5. The van der Waals surface area contributed by atoms with Crippen molar-refractivity contribution < 1.29 is 9.53 Å². The average Bonchev–Trinajstić information content (AvgIpc) is 2.84. The van der Waals surface area contributed by atoms with Crippen LogP contribution in [0.3, 0.4) is 0 Å². The number of ketones is 1. The van der Waals surface area contributed by atoms with Crippen molar-refractivity contribution in [3.05, 3.63) is 69.8 Å². The Balaban J connectivity index is 2.01. The average molecular weight is 335 g/mol. The maximum atomic E-state index is 12.7. The van der Waals surface area contributed by atoms with Crippen LogP contribution in [0, 0.1) is 0 Å². The molecule has 0 fully saturated rings. The van der Waals surface area contributed by atoms with Crippen molar-refractivity contribution in [3.8, 4) is 0 Å². The number of carbonyl (C=O) groups excluding carboxylic acids is 1. The molecule has 1 aromatic carbocycles. The minimum absolute atomic E-state index is 0.179. The van der Waals surface area contributed by atoms with E-state index in [1.165, 1.54) is 0 Å². The first-order chi connectivity index (χ1) is 10.6. The number of pyridine rings is 1. The first kappa shape index (κ1) is 14.9. The smallest absolute Gasteiger partial charge is 0.215 e. The number of Topliss-reactive ketones (excluding diaryl/α,β-unsaturated/α-hetero) is 1. The van der Waals surface area contributed by atoms with Crippen LogP contribution in [0.1, 0.15) is 17.4 Å². The van der Waals surface area contributed by atoms with Crippen molar-refractivity contribution >= 4 is 34.6 Å². The molecule has 112 valence electrons. The van der Waals surface area contributed by atoms with E-state index in [0.717, 1.165) is 0 Å². The number of nitrogens with one attached hydrogen (secondary N) is 1. The molecule has 0 saturated heterocycles. The monoisotopic (exact) mass is 334 g/mol. The van der Waals surface area contributed by atoms with Gasteiger partial charge in [-0.1, -0.05) is 35.3 Å². The molecule has 1 atom stereocenters. The Bertz CT molecular complexity index is 774. The molecular weight excluding hydrogens is 323 g/mol. The highest BCUT2D eigenvalue weighted by Crippen LogP contribution is 2.37. The Morgan fingerprint density at radius 2 is 1.95 bits per heavy atom. The van der Waals surface area contributed by atoms with E-state index in [1.54, 1.807) is 49.6 Å². The molecule has 0 radical (unpaired) electrons. The molecular formula is C16H12Cl2N2O2. The van der Waals surface area contributed by atoms with Crippen LogP contribution in [-0.2, 0) is 9.53 Å². The second-order valence-electron chi connectivity index (χ2n) is 4.73. The molecule has 1 aliphatic rings. The maximum Gasteiger partial charge on any atom is 0.215 e. The minimum Gasteiger partial charge on any atom is -0.462 e. The van der Waals surface area contributed by atoms with Crippen LogP contribution in [0.15, 0.2) is 48.5 Å². The molecule has 1 unspecified atom stereocenters.